The predicted octanol–water partition coefficient (Wildman–Crippen LogP) is 3.54. The Balaban J connectivity index is 0.00000147. The van der Waals surface area contributed by atoms with Gasteiger partial charge in [-0.1, -0.05) is 12.1 Å². The molecule has 5 heteroatoms. The Hall–Kier alpha value is -0.970. The number of hydrogen-bond acceptors (Lipinski definition) is 4. The molecule has 0 spiro atoms. The van der Waals surface area contributed by atoms with Crippen molar-refractivity contribution in [3.63, 3.8) is 0 Å². The average molecular weight is 310 g/mol. The van der Waals surface area contributed by atoms with Crippen LogP contribution < -0.4 is 10.6 Å². The van der Waals surface area contributed by atoms with Gasteiger partial charge in [0.05, 0.1) is 0 Å². The first-order chi connectivity index (χ1) is 9.38. The van der Waals surface area contributed by atoms with Crippen molar-refractivity contribution < 1.29 is 0 Å². The van der Waals surface area contributed by atoms with Crippen molar-refractivity contribution in [2.75, 3.05) is 24.7 Å². The Morgan fingerprint density at radius 3 is 2.80 bits per heavy atom. The van der Waals surface area contributed by atoms with Crippen molar-refractivity contribution in [2.45, 2.75) is 23.8 Å². The lowest BCUT2D eigenvalue weighted by molar-refractivity contribution is 0.479. The molecule has 0 radical (unpaired) electrons. The van der Waals surface area contributed by atoms with Crippen LogP contribution in [0.15, 0.2) is 35.5 Å². The molecule has 2 heterocycles. The topological polar surface area (TPSA) is 37.0 Å². The van der Waals surface area contributed by atoms with Crippen LogP contribution in [0.5, 0.6) is 0 Å². The third-order valence-electron chi connectivity index (χ3n) is 3.67. The number of hydrogen-bond donors (Lipinski definition) is 2. The van der Waals surface area contributed by atoms with Gasteiger partial charge in [0.15, 0.2) is 0 Å². The number of piperidine rings is 1. The van der Waals surface area contributed by atoms with Gasteiger partial charge >= 0.3 is 0 Å². The minimum atomic E-state index is 0. The maximum Gasteiger partial charge on any atom is 0.0434 e. The highest BCUT2D eigenvalue weighted by atomic mass is 35.5. The fraction of sp³-hybridized carbons (Fsp3) is 0.400. The van der Waals surface area contributed by atoms with E-state index in [1.54, 1.807) is 11.8 Å². The van der Waals surface area contributed by atoms with Gasteiger partial charge in [0.25, 0.3) is 0 Å². The highest BCUT2D eigenvalue weighted by Crippen LogP contribution is 2.32. The molecule has 1 saturated heterocycles. The highest BCUT2D eigenvalue weighted by molar-refractivity contribution is 7.98. The minimum absolute atomic E-state index is 0. The number of halogens is 1. The fourth-order valence-electron chi connectivity index (χ4n) is 2.66. The van der Waals surface area contributed by atoms with Crippen LogP contribution in [0, 0.1) is 0 Å². The Bertz CT molecular complexity index is 565. The van der Waals surface area contributed by atoms with Crippen LogP contribution in [-0.2, 0) is 0 Å². The second-order valence-electron chi connectivity index (χ2n) is 4.91. The average Bonchev–Trinajstić information content (AvgIpc) is 2.48. The van der Waals surface area contributed by atoms with Gasteiger partial charge in [-0.15, -0.1) is 24.2 Å². The largest absolute Gasteiger partial charge is 0.382 e. The molecular weight excluding hydrogens is 290 g/mol. The molecule has 0 amide bonds. The second-order valence-corrected chi connectivity index (χ2v) is 5.76. The van der Waals surface area contributed by atoms with E-state index in [0.29, 0.717) is 6.04 Å². The highest BCUT2D eigenvalue weighted by Gasteiger charge is 2.14. The zero-order chi connectivity index (χ0) is 13.1. The molecule has 1 fully saturated rings. The zero-order valence-corrected chi connectivity index (χ0v) is 13.2. The van der Waals surface area contributed by atoms with E-state index in [1.807, 2.05) is 12.4 Å². The molecule has 0 unspecified atom stereocenters. The smallest absolute Gasteiger partial charge is 0.0434 e. The number of thioether (sulfide) groups is 1. The molecule has 0 atom stereocenters. The summed E-state index contributed by atoms with van der Waals surface area (Å²) in [5.41, 5.74) is 1.25. The molecule has 1 aromatic carbocycles. The monoisotopic (exact) mass is 309 g/mol. The lowest BCUT2D eigenvalue weighted by Crippen LogP contribution is -2.35. The van der Waals surface area contributed by atoms with Crippen LogP contribution in [0.4, 0.5) is 5.69 Å². The van der Waals surface area contributed by atoms with E-state index in [9.17, 15) is 0 Å². The number of nitrogens with zero attached hydrogens (tertiary/aromatic N) is 1. The molecule has 3 nitrogen and oxygen atoms in total. The number of pyridine rings is 1. The van der Waals surface area contributed by atoms with Crippen molar-refractivity contribution >= 4 is 40.6 Å². The third-order valence-corrected chi connectivity index (χ3v) is 4.42. The van der Waals surface area contributed by atoms with Crippen LogP contribution in [0.1, 0.15) is 12.8 Å². The lowest BCUT2D eigenvalue weighted by Gasteiger charge is -2.25. The SMILES string of the molecule is CSc1cncc2cccc(NC3CCNCC3)c12.Cl. The lowest BCUT2D eigenvalue weighted by atomic mass is 10.0. The molecule has 3 rings (SSSR count). The summed E-state index contributed by atoms with van der Waals surface area (Å²) in [4.78, 5) is 5.56. The van der Waals surface area contributed by atoms with E-state index in [2.05, 4.69) is 40.1 Å². The van der Waals surface area contributed by atoms with Crippen molar-refractivity contribution in [1.29, 1.82) is 0 Å². The Morgan fingerprint density at radius 2 is 2.05 bits per heavy atom. The standard InChI is InChI=1S/C15H19N3S.ClH/c1-19-14-10-17-9-11-3-2-4-13(15(11)14)18-12-5-7-16-8-6-12;/h2-4,9-10,12,16,18H,5-8H2,1H3;1H. The van der Waals surface area contributed by atoms with E-state index >= 15 is 0 Å². The summed E-state index contributed by atoms with van der Waals surface area (Å²) in [7, 11) is 0. The Kier molecular flexibility index (Phi) is 5.52. The van der Waals surface area contributed by atoms with E-state index in [1.165, 1.54) is 34.2 Å². The number of benzene rings is 1. The zero-order valence-electron chi connectivity index (χ0n) is 11.6. The molecule has 108 valence electrons. The van der Waals surface area contributed by atoms with Crippen LogP contribution >= 0.6 is 24.2 Å². The van der Waals surface area contributed by atoms with Gasteiger partial charge in [-0.2, -0.15) is 0 Å². The fourth-order valence-corrected chi connectivity index (χ4v) is 3.26. The second kappa shape index (κ2) is 7.16. The summed E-state index contributed by atoms with van der Waals surface area (Å²) in [5.74, 6) is 0. The van der Waals surface area contributed by atoms with Crippen molar-refractivity contribution in [2.24, 2.45) is 0 Å². The van der Waals surface area contributed by atoms with Crippen LogP contribution in [0.3, 0.4) is 0 Å². The normalized spacial score (nSPS) is 15.8. The van der Waals surface area contributed by atoms with Crippen molar-refractivity contribution in [3.8, 4) is 0 Å². The maximum atomic E-state index is 4.31. The van der Waals surface area contributed by atoms with Gasteiger partial charge in [0.1, 0.15) is 0 Å². The summed E-state index contributed by atoms with van der Waals surface area (Å²) >= 11 is 1.76. The Labute approximate surface area is 130 Å². The van der Waals surface area contributed by atoms with Crippen LogP contribution in [-0.4, -0.2) is 30.4 Å². The molecule has 1 aliphatic rings. The van der Waals surface area contributed by atoms with Crippen LogP contribution in [0.25, 0.3) is 10.8 Å². The molecular formula is C15H20ClN3S. The summed E-state index contributed by atoms with van der Waals surface area (Å²) in [6.45, 7) is 2.22. The van der Waals surface area contributed by atoms with E-state index in [0.717, 1.165) is 13.1 Å². The first-order valence-electron chi connectivity index (χ1n) is 6.76. The maximum absolute atomic E-state index is 4.31. The van der Waals surface area contributed by atoms with Gasteiger partial charge in [-0.05, 0) is 38.3 Å². The number of aromatic nitrogens is 1. The molecule has 0 aliphatic carbocycles. The molecule has 2 N–H and O–H groups in total. The van der Waals surface area contributed by atoms with E-state index < -0.39 is 0 Å². The van der Waals surface area contributed by atoms with Gasteiger partial charge in [-0.3, -0.25) is 4.98 Å². The number of anilines is 1. The van der Waals surface area contributed by atoms with Crippen molar-refractivity contribution in [1.82, 2.24) is 10.3 Å². The van der Waals surface area contributed by atoms with Gasteiger partial charge in [0.2, 0.25) is 0 Å². The summed E-state index contributed by atoms with van der Waals surface area (Å²) in [6, 6.07) is 7.01. The number of rotatable bonds is 3. The Morgan fingerprint density at radius 1 is 1.25 bits per heavy atom. The molecule has 0 bridgehead atoms. The minimum Gasteiger partial charge on any atom is -0.382 e. The quantitative estimate of drug-likeness (QED) is 0.850. The van der Waals surface area contributed by atoms with Gasteiger partial charge in [-0.25, -0.2) is 0 Å². The van der Waals surface area contributed by atoms with Crippen LogP contribution in [0.2, 0.25) is 0 Å². The van der Waals surface area contributed by atoms with Gasteiger partial charge < -0.3 is 10.6 Å². The summed E-state index contributed by atoms with van der Waals surface area (Å²) < 4.78 is 0. The predicted molar refractivity (Wildman–Crippen MR) is 90.3 cm³/mol. The third kappa shape index (κ3) is 3.19. The summed E-state index contributed by atoms with van der Waals surface area (Å²) in [5, 5.41) is 9.65. The number of nitrogens with one attached hydrogen (secondary N) is 2. The first kappa shape index (κ1) is 15.4. The molecule has 0 saturated carbocycles. The van der Waals surface area contributed by atoms with E-state index in [-0.39, 0.29) is 12.4 Å². The first-order valence-corrected chi connectivity index (χ1v) is 7.99. The molecule has 2 aromatic rings. The van der Waals surface area contributed by atoms with E-state index in [4.69, 9.17) is 0 Å². The summed E-state index contributed by atoms with van der Waals surface area (Å²) in [6.07, 6.45) is 8.40. The van der Waals surface area contributed by atoms with Gasteiger partial charge in [0, 0.05) is 39.8 Å². The molecule has 1 aliphatic heterocycles. The molecule has 20 heavy (non-hydrogen) atoms. The van der Waals surface area contributed by atoms with Crippen molar-refractivity contribution in [3.05, 3.63) is 30.6 Å². The number of fused-ring (bicyclic) bond motifs is 1. The molecule has 1 aromatic heterocycles.